The Balaban J connectivity index is 2.39. The number of rotatable bonds is 3. The third-order valence-corrected chi connectivity index (χ3v) is 3.13. The number of anilines is 2. The molecule has 2 N–H and O–H groups in total. The Kier molecular flexibility index (Phi) is 3.54. The first-order valence-corrected chi connectivity index (χ1v) is 6.21. The Hall–Kier alpha value is -1.92. The Morgan fingerprint density at radius 2 is 2.05 bits per heavy atom. The Morgan fingerprint density at radius 1 is 1.35 bits per heavy atom. The van der Waals surface area contributed by atoms with Gasteiger partial charge in [0.2, 0.25) is 5.54 Å². The van der Waals surface area contributed by atoms with E-state index in [1.807, 2.05) is 6.92 Å². The van der Waals surface area contributed by atoms with E-state index < -0.39 is 17.6 Å². The monoisotopic (exact) mass is 288 g/mol. The number of nitrogens with one attached hydrogen (secondary N) is 2. The van der Waals surface area contributed by atoms with Gasteiger partial charge in [-0.05, 0) is 25.5 Å². The fraction of sp³-hybridized carbons (Fsp3) is 0.462. The van der Waals surface area contributed by atoms with Gasteiger partial charge < -0.3 is 15.4 Å². The average molecular weight is 288 g/mol. The Morgan fingerprint density at radius 3 is 2.65 bits per heavy atom. The van der Waals surface area contributed by atoms with Crippen molar-refractivity contribution in [2.75, 3.05) is 17.2 Å². The van der Waals surface area contributed by atoms with Crippen LogP contribution < -0.4 is 15.4 Å². The first-order chi connectivity index (χ1) is 9.29. The van der Waals surface area contributed by atoms with Gasteiger partial charge in [0, 0.05) is 0 Å². The van der Waals surface area contributed by atoms with Crippen LogP contribution in [0.25, 0.3) is 0 Å². The molecule has 0 aromatic heterocycles. The van der Waals surface area contributed by atoms with Crippen molar-refractivity contribution >= 4 is 17.3 Å². The molecule has 0 aliphatic carbocycles. The molecule has 1 aliphatic rings. The van der Waals surface area contributed by atoms with Crippen LogP contribution in [0.15, 0.2) is 18.2 Å². The van der Waals surface area contributed by atoms with Crippen LogP contribution in [0.1, 0.15) is 20.3 Å². The zero-order valence-electron chi connectivity index (χ0n) is 11.1. The molecule has 0 saturated carbocycles. The van der Waals surface area contributed by atoms with Gasteiger partial charge in [-0.3, -0.25) is 4.79 Å². The van der Waals surface area contributed by atoms with Crippen LogP contribution in [0.2, 0.25) is 0 Å². The van der Waals surface area contributed by atoms with Crippen LogP contribution in [-0.2, 0) is 4.79 Å². The summed E-state index contributed by atoms with van der Waals surface area (Å²) in [6.07, 6.45) is -3.94. The van der Waals surface area contributed by atoms with Crippen LogP contribution in [0.5, 0.6) is 5.75 Å². The molecule has 2 rings (SSSR count). The Bertz CT molecular complexity index is 531. The number of hydrogen-bond donors (Lipinski definition) is 2. The topological polar surface area (TPSA) is 50.4 Å². The number of fused-ring (bicyclic) bond motifs is 1. The summed E-state index contributed by atoms with van der Waals surface area (Å²) >= 11 is 0. The lowest BCUT2D eigenvalue weighted by Crippen LogP contribution is -2.60. The molecule has 110 valence electrons. The van der Waals surface area contributed by atoms with Gasteiger partial charge in [0.15, 0.2) is 0 Å². The highest BCUT2D eigenvalue weighted by atomic mass is 19.4. The van der Waals surface area contributed by atoms with Gasteiger partial charge in [0.25, 0.3) is 5.91 Å². The van der Waals surface area contributed by atoms with Gasteiger partial charge in [-0.1, -0.05) is 13.0 Å². The van der Waals surface area contributed by atoms with Crippen molar-refractivity contribution in [3.05, 3.63) is 18.2 Å². The molecule has 20 heavy (non-hydrogen) atoms. The summed E-state index contributed by atoms with van der Waals surface area (Å²) in [5.41, 5.74) is -2.21. The van der Waals surface area contributed by atoms with Crippen LogP contribution in [0.3, 0.4) is 0 Å². The summed E-state index contributed by atoms with van der Waals surface area (Å²) in [5.74, 6) is -0.792. The van der Waals surface area contributed by atoms with E-state index in [-0.39, 0.29) is 11.4 Å². The normalized spacial score (nSPS) is 21.8. The van der Waals surface area contributed by atoms with Crippen LogP contribution in [0, 0.1) is 0 Å². The van der Waals surface area contributed by atoms with Gasteiger partial charge in [0.05, 0.1) is 12.3 Å². The predicted molar refractivity (Wildman–Crippen MR) is 68.9 cm³/mol. The number of para-hydroxylation sites is 1. The minimum absolute atomic E-state index is 0.193. The molecule has 7 heteroatoms. The highest BCUT2D eigenvalue weighted by Crippen LogP contribution is 2.43. The number of ether oxygens (including phenoxy) is 1. The van der Waals surface area contributed by atoms with Gasteiger partial charge in [-0.25, -0.2) is 0 Å². The molecule has 4 nitrogen and oxygen atoms in total. The molecule has 1 amide bonds. The molecule has 0 saturated heterocycles. The van der Waals surface area contributed by atoms with Gasteiger partial charge in [0.1, 0.15) is 11.4 Å². The highest BCUT2D eigenvalue weighted by molar-refractivity contribution is 6.07. The van der Waals surface area contributed by atoms with E-state index in [0.29, 0.717) is 12.4 Å². The molecular formula is C13H15F3N2O2. The highest BCUT2D eigenvalue weighted by Gasteiger charge is 2.59. The lowest BCUT2D eigenvalue weighted by atomic mass is 9.96. The van der Waals surface area contributed by atoms with Gasteiger partial charge >= 0.3 is 6.18 Å². The van der Waals surface area contributed by atoms with E-state index in [0.717, 1.165) is 13.3 Å². The average Bonchev–Trinajstić information content (AvgIpc) is 2.36. The van der Waals surface area contributed by atoms with Crippen LogP contribution in [-0.4, -0.2) is 24.2 Å². The van der Waals surface area contributed by atoms with Crippen LogP contribution in [0.4, 0.5) is 24.5 Å². The first kappa shape index (κ1) is 14.5. The Labute approximate surface area is 114 Å². The number of alkyl halides is 3. The molecule has 0 fully saturated rings. The summed E-state index contributed by atoms with van der Waals surface area (Å²) in [5, 5.41) is 4.55. The quantitative estimate of drug-likeness (QED) is 0.898. The second kappa shape index (κ2) is 4.88. The number of halogens is 3. The third kappa shape index (κ3) is 2.28. The molecule has 1 unspecified atom stereocenters. The number of hydrogen-bond acceptors (Lipinski definition) is 3. The molecule has 1 aromatic rings. The van der Waals surface area contributed by atoms with E-state index in [1.54, 1.807) is 12.1 Å². The molecule has 0 bridgehead atoms. The van der Waals surface area contributed by atoms with Crippen molar-refractivity contribution in [2.45, 2.75) is 32.0 Å². The maximum atomic E-state index is 13.0. The second-order valence-corrected chi connectivity index (χ2v) is 4.73. The number of carbonyl (C=O) groups is 1. The van der Waals surface area contributed by atoms with Crippen molar-refractivity contribution in [3.63, 3.8) is 0 Å². The molecule has 1 heterocycles. The smallest absolute Gasteiger partial charge is 0.420 e. The van der Waals surface area contributed by atoms with E-state index in [1.165, 1.54) is 6.07 Å². The second-order valence-electron chi connectivity index (χ2n) is 4.73. The van der Waals surface area contributed by atoms with Crippen molar-refractivity contribution < 1.29 is 22.7 Å². The molecule has 0 radical (unpaired) electrons. The lowest BCUT2D eigenvalue weighted by molar-refractivity contribution is -0.179. The van der Waals surface area contributed by atoms with Crippen LogP contribution >= 0.6 is 0 Å². The van der Waals surface area contributed by atoms with Gasteiger partial charge in [-0.2, -0.15) is 13.2 Å². The fourth-order valence-corrected chi connectivity index (χ4v) is 1.86. The zero-order chi connectivity index (χ0) is 15.0. The predicted octanol–water partition coefficient (Wildman–Crippen LogP) is 3.16. The fourth-order valence-electron chi connectivity index (χ4n) is 1.86. The third-order valence-electron chi connectivity index (χ3n) is 3.13. The maximum absolute atomic E-state index is 13.0. The van der Waals surface area contributed by atoms with Gasteiger partial charge in [-0.15, -0.1) is 0 Å². The van der Waals surface area contributed by atoms with E-state index in [4.69, 9.17) is 4.74 Å². The molecule has 0 spiro atoms. The lowest BCUT2D eigenvalue weighted by Gasteiger charge is -2.37. The summed E-state index contributed by atoms with van der Waals surface area (Å²) in [4.78, 5) is 11.8. The van der Waals surface area contributed by atoms with Crippen molar-refractivity contribution in [2.24, 2.45) is 0 Å². The van der Waals surface area contributed by atoms with Crippen molar-refractivity contribution in [1.82, 2.24) is 0 Å². The minimum atomic E-state index is -4.70. The van der Waals surface area contributed by atoms with E-state index in [2.05, 4.69) is 10.6 Å². The number of benzene rings is 1. The minimum Gasteiger partial charge on any atom is -0.491 e. The molecule has 1 aliphatic heterocycles. The molecular weight excluding hydrogens is 273 g/mol. The zero-order valence-corrected chi connectivity index (χ0v) is 11.1. The number of carbonyl (C=O) groups excluding carboxylic acids is 1. The molecule has 1 aromatic carbocycles. The summed E-state index contributed by atoms with van der Waals surface area (Å²) in [6.45, 7) is 3.14. The summed E-state index contributed by atoms with van der Waals surface area (Å²) < 4.78 is 44.5. The largest absolute Gasteiger partial charge is 0.491 e. The molecule has 1 atom stereocenters. The first-order valence-electron chi connectivity index (χ1n) is 6.21. The summed E-state index contributed by atoms with van der Waals surface area (Å²) in [7, 11) is 0. The standard InChI is InChI=1S/C13H15F3N2O2/c1-3-7-20-9-6-4-5-8-10(9)17-11(19)12(2,18-8)13(14,15)16/h4-6,18H,3,7H2,1-2H3,(H,17,19). The maximum Gasteiger partial charge on any atom is 0.420 e. The SMILES string of the molecule is CCCOc1cccc2c1NC(=O)C(C)(C(F)(F)F)N2. The number of amides is 1. The van der Waals surface area contributed by atoms with E-state index >= 15 is 0 Å². The van der Waals surface area contributed by atoms with Crippen molar-refractivity contribution in [3.8, 4) is 5.75 Å². The van der Waals surface area contributed by atoms with E-state index in [9.17, 15) is 18.0 Å². The summed E-state index contributed by atoms with van der Waals surface area (Å²) in [6, 6.07) is 4.65. The van der Waals surface area contributed by atoms with Crippen molar-refractivity contribution in [1.29, 1.82) is 0 Å².